The maximum Gasteiger partial charge on any atom is 0.253 e. The minimum absolute atomic E-state index is 0.0125. The fourth-order valence-corrected chi connectivity index (χ4v) is 3.14. The van der Waals surface area contributed by atoms with Crippen LogP contribution >= 0.6 is 11.8 Å². The molecule has 1 fully saturated rings. The molecule has 27 heavy (non-hydrogen) atoms. The second kappa shape index (κ2) is 8.95. The Hall–Kier alpha value is -2.47. The predicted molar refractivity (Wildman–Crippen MR) is 109 cm³/mol. The Morgan fingerprint density at radius 3 is 2.85 bits per heavy atom. The Labute approximate surface area is 162 Å². The summed E-state index contributed by atoms with van der Waals surface area (Å²) < 4.78 is 13.9. The molecule has 4 nitrogen and oxygen atoms in total. The first kappa shape index (κ1) is 19.3. The Balaban J connectivity index is 1.78. The van der Waals surface area contributed by atoms with Crippen molar-refractivity contribution < 1.29 is 14.3 Å². The van der Waals surface area contributed by atoms with E-state index in [-0.39, 0.29) is 18.2 Å². The number of carbonyl (C=O) groups excluding carboxylic acids is 1. The summed E-state index contributed by atoms with van der Waals surface area (Å²) in [6, 6.07) is 9.73. The third-order valence-electron chi connectivity index (χ3n) is 4.45. The van der Waals surface area contributed by atoms with Gasteiger partial charge in [0.1, 0.15) is 11.6 Å². The van der Waals surface area contributed by atoms with Gasteiger partial charge < -0.3 is 15.7 Å². The van der Waals surface area contributed by atoms with Gasteiger partial charge in [-0.1, -0.05) is 12.1 Å². The van der Waals surface area contributed by atoms with E-state index in [2.05, 4.69) is 10.6 Å². The molecule has 142 valence electrons. The van der Waals surface area contributed by atoms with E-state index in [9.17, 15) is 14.3 Å². The highest BCUT2D eigenvalue weighted by atomic mass is 32.2. The van der Waals surface area contributed by atoms with Crippen LogP contribution in [0.4, 0.5) is 10.1 Å². The van der Waals surface area contributed by atoms with Crippen LogP contribution in [0.5, 0.6) is 5.75 Å². The number of benzene rings is 2. The second-order valence-corrected chi connectivity index (χ2v) is 7.27. The topological polar surface area (TPSA) is 61.4 Å². The summed E-state index contributed by atoms with van der Waals surface area (Å²) >= 11 is 1.57. The summed E-state index contributed by atoms with van der Waals surface area (Å²) in [5.74, 6) is -0.0167. The number of aromatic hydroxyl groups is 1. The van der Waals surface area contributed by atoms with E-state index < -0.39 is 5.82 Å². The number of thioether (sulfide) groups is 1. The Kier molecular flexibility index (Phi) is 6.40. The number of nitrogens with one attached hydrogen (secondary N) is 2. The first-order chi connectivity index (χ1) is 13.1. The molecule has 0 bridgehead atoms. The molecule has 2 aromatic rings. The van der Waals surface area contributed by atoms with Gasteiger partial charge in [0, 0.05) is 24.3 Å². The molecular formula is C21H23FN2O2S. The van der Waals surface area contributed by atoms with Crippen LogP contribution in [0.1, 0.15) is 40.2 Å². The van der Waals surface area contributed by atoms with Gasteiger partial charge in [0.05, 0.1) is 5.56 Å². The lowest BCUT2D eigenvalue weighted by atomic mass is 10.0. The molecule has 0 aliphatic heterocycles. The molecule has 1 amide bonds. The molecule has 0 spiro atoms. The summed E-state index contributed by atoms with van der Waals surface area (Å²) in [6.45, 7) is 0.631. The highest BCUT2D eigenvalue weighted by Crippen LogP contribution is 2.41. The minimum atomic E-state index is -0.396. The molecule has 1 aliphatic rings. The predicted octanol–water partition coefficient (Wildman–Crippen LogP) is 4.63. The highest BCUT2D eigenvalue weighted by molar-refractivity contribution is 8.01. The Morgan fingerprint density at radius 1 is 1.30 bits per heavy atom. The average molecular weight is 386 g/mol. The fraction of sp³-hybridized carbons (Fsp3) is 0.286. The molecule has 2 aromatic carbocycles. The lowest BCUT2D eigenvalue weighted by molar-refractivity contribution is 0.0958. The summed E-state index contributed by atoms with van der Waals surface area (Å²) in [7, 11) is 0. The molecule has 3 N–H and O–H groups in total. The quantitative estimate of drug-likeness (QED) is 0.619. The summed E-state index contributed by atoms with van der Waals surface area (Å²) in [4.78, 5) is 12.6. The molecule has 0 aromatic heterocycles. The fourth-order valence-electron chi connectivity index (χ4n) is 2.85. The van der Waals surface area contributed by atoms with E-state index in [0.29, 0.717) is 29.3 Å². The number of phenolic OH excluding ortho intramolecular Hbond substituents is 1. The van der Waals surface area contributed by atoms with Crippen LogP contribution in [-0.2, 0) is 6.54 Å². The van der Waals surface area contributed by atoms with Crippen molar-refractivity contribution in [2.45, 2.75) is 25.3 Å². The van der Waals surface area contributed by atoms with Crippen molar-refractivity contribution in [3.8, 4) is 5.75 Å². The van der Waals surface area contributed by atoms with Crippen LogP contribution < -0.4 is 10.6 Å². The number of anilines is 1. The number of hydrogen-bond donors (Lipinski definition) is 3. The van der Waals surface area contributed by atoms with Crippen molar-refractivity contribution in [1.82, 2.24) is 5.32 Å². The SMILES string of the molecule is CS/C=C/CNC(=O)c1ccc(C2CC2)cc1NCc1cc(O)ccc1F. The van der Waals surface area contributed by atoms with E-state index >= 15 is 0 Å². The highest BCUT2D eigenvalue weighted by Gasteiger charge is 2.25. The normalized spacial score (nSPS) is 13.7. The van der Waals surface area contributed by atoms with Gasteiger partial charge in [0.2, 0.25) is 0 Å². The van der Waals surface area contributed by atoms with Crippen LogP contribution in [0.15, 0.2) is 47.9 Å². The molecular weight excluding hydrogens is 363 g/mol. The first-order valence-electron chi connectivity index (χ1n) is 8.89. The van der Waals surface area contributed by atoms with Crippen molar-refractivity contribution in [3.05, 3.63) is 70.4 Å². The molecule has 3 rings (SSSR count). The van der Waals surface area contributed by atoms with Gasteiger partial charge in [-0.15, -0.1) is 11.8 Å². The molecule has 0 heterocycles. The third-order valence-corrected chi connectivity index (χ3v) is 4.91. The summed E-state index contributed by atoms with van der Waals surface area (Å²) in [5.41, 5.74) is 2.74. The zero-order chi connectivity index (χ0) is 19.2. The van der Waals surface area contributed by atoms with Crippen LogP contribution in [0.3, 0.4) is 0 Å². The van der Waals surface area contributed by atoms with Crippen molar-refractivity contribution >= 4 is 23.4 Å². The lowest BCUT2D eigenvalue weighted by Crippen LogP contribution is -2.24. The number of rotatable bonds is 8. The van der Waals surface area contributed by atoms with Crippen LogP contribution in [0.2, 0.25) is 0 Å². The van der Waals surface area contributed by atoms with Crippen molar-refractivity contribution in [2.24, 2.45) is 0 Å². The smallest absolute Gasteiger partial charge is 0.253 e. The second-order valence-electron chi connectivity index (χ2n) is 6.53. The van der Waals surface area contributed by atoms with Gasteiger partial charge >= 0.3 is 0 Å². The van der Waals surface area contributed by atoms with Gasteiger partial charge in [-0.3, -0.25) is 4.79 Å². The van der Waals surface area contributed by atoms with Crippen LogP contribution in [0, 0.1) is 5.82 Å². The number of amides is 1. The maximum atomic E-state index is 13.9. The van der Waals surface area contributed by atoms with Gasteiger partial charge in [0.15, 0.2) is 0 Å². The van der Waals surface area contributed by atoms with Gasteiger partial charge in [-0.2, -0.15) is 0 Å². The first-order valence-corrected chi connectivity index (χ1v) is 10.2. The van der Waals surface area contributed by atoms with Crippen molar-refractivity contribution in [3.63, 3.8) is 0 Å². The van der Waals surface area contributed by atoms with Crippen LogP contribution in [0.25, 0.3) is 0 Å². The minimum Gasteiger partial charge on any atom is -0.508 e. The van der Waals surface area contributed by atoms with Gasteiger partial charge in [-0.25, -0.2) is 4.39 Å². The number of phenols is 1. The van der Waals surface area contributed by atoms with Crippen molar-refractivity contribution in [2.75, 3.05) is 18.1 Å². The summed E-state index contributed by atoms with van der Waals surface area (Å²) in [6.07, 6.45) is 6.16. The van der Waals surface area contributed by atoms with E-state index in [1.807, 2.05) is 35.9 Å². The average Bonchev–Trinajstić information content (AvgIpc) is 3.51. The molecule has 0 radical (unpaired) electrons. The van der Waals surface area contributed by atoms with E-state index in [0.717, 1.165) is 12.8 Å². The third kappa shape index (κ3) is 5.26. The van der Waals surface area contributed by atoms with Gasteiger partial charge in [-0.05, 0) is 66.3 Å². The zero-order valence-corrected chi connectivity index (χ0v) is 16.0. The number of carbonyl (C=O) groups is 1. The lowest BCUT2D eigenvalue weighted by Gasteiger charge is -2.14. The maximum absolute atomic E-state index is 13.9. The largest absolute Gasteiger partial charge is 0.508 e. The zero-order valence-electron chi connectivity index (χ0n) is 15.2. The Bertz CT molecular complexity index is 850. The molecule has 1 aliphatic carbocycles. The molecule has 0 unspecified atom stereocenters. The van der Waals surface area contributed by atoms with E-state index in [4.69, 9.17) is 0 Å². The van der Waals surface area contributed by atoms with Crippen molar-refractivity contribution in [1.29, 1.82) is 0 Å². The number of halogens is 1. The molecule has 6 heteroatoms. The molecule has 0 saturated heterocycles. The molecule has 1 saturated carbocycles. The van der Waals surface area contributed by atoms with E-state index in [1.54, 1.807) is 11.8 Å². The monoisotopic (exact) mass is 386 g/mol. The van der Waals surface area contributed by atoms with Gasteiger partial charge in [0.25, 0.3) is 5.91 Å². The Morgan fingerprint density at radius 2 is 2.11 bits per heavy atom. The summed E-state index contributed by atoms with van der Waals surface area (Å²) in [5, 5.41) is 17.5. The van der Waals surface area contributed by atoms with Crippen LogP contribution in [-0.4, -0.2) is 23.8 Å². The molecule has 0 atom stereocenters. The number of hydrogen-bond acceptors (Lipinski definition) is 4. The van der Waals surface area contributed by atoms with E-state index in [1.165, 1.54) is 23.8 Å². The standard InChI is InChI=1S/C21H23FN2O2S/c1-27-10-2-9-23-21(26)18-7-5-15(14-3-4-14)12-20(18)24-13-16-11-17(25)6-8-19(16)22/h2,5-8,10-12,14,24-25H,3-4,9,13H2,1H3,(H,23,26)/b10-2+.